The number of hydrogen-bond donors (Lipinski definition) is 1. The average molecular weight is 399 g/mol. The number of aliphatic imine (C=N–C) groups is 1. The minimum atomic E-state index is -4.72. The number of nitrogens with zero attached hydrogens (tertiary/aromatic N) is 2. The summed E-state index contributed by atoms with van der Waals surface area (Å²) in [4.78, 5) is 5.77. The Bertz CT molecular complexity index is 626. The third kappa shape index (κ3) is 2.59. The summed E-state index contributed by atoms with van der Waals surface area (Å²) >= 11 is 1.43. The van der Waals surface area contributed by atoms with Crippen molar-refractivity contribution in [2.45, 2.75) is 23.8 Å². The van der Waals surface area contributed by atoms with Crippen molar-refractivity contribution in [3.8, 4) is 5.75 Å². The Hall–Kier alpha value is -0.930. The quantitative estimate of drug-likeness (QED) is 0.789. The van der Waals surface area contributed by atoms with E-state index in [0.29, 0.717) is 22.7 Å². The standard InChI is InChI=1S/C13H13F3N2O2S.BrH/c1-17-11-18(2)12(19)9-4-3-8(20-13(14,15)16)5-7(9)6-10(12)21-11;/h3-5,10,19H,6H2,1-2H3;1H/b17-11-;. The molecule has 1 aromatic carbocycles. The van der Waals surface area contributed by atoms with E-state index < -0.39 is 12.1 Å². The van der Waals surface area contributed by atoms with Crippen LogP contribution in [0.15, 0.2) is 23.2 Å². The van der Waals surface area contributed by atoms with Crippen LogP contribution >= 0.6 is 28.7 Å². The first-order valence-electron chi connectivity index (χ1n) is 6.24. The summed E-state index contributed by atoms with van der Waals surface area (Å²) in [5.41, 5.74) is 0.0421. The van der Waals surface area contributed by atoms with Crippen molar-refractivity contribution in [1.29, 1.82) is 0 Å². The van der Waals surface area contributed by atoms with E-state index in [4.69, 9.17) is 0 Å². The van der Waals surface area contributed by atoms with Gasteiger partial charge < -0.3 is 14.7 Å². The van der Waals surface area contributed by atoms with Gasteiger partial charge in [-0.3, -0.25) is 4.99 Å². The molecule has 0 bridgehead atoms. The molecule has 0 radical (unpaired) electrons. The normalized spacial score (nSPS) is 28.4. The number of hydrogen-bond acceptors (Lipinski definition) is 4. The van der Waals surface area contributed by atoms with E-state index in [2.05, 4.69) is 9.73 Å². The molecule has 22 heavy (non-hydrogen) atoms. The fourth-order valence-electron chi connectivity index (χ4n) is 2.89. The minimum Gasteiger partial charge on any atom is -0.406 e. The van der Waals surface area contributed by atoms with Crippen molar-refractivity contribution in [3.05, 3.63) is 29.3 Å². The van der Waals surface area contributed by atoms with Crippen molar-refractivity contribution in [2.24, 2.45) is 4.99 Å². The van der Waals surface area contributed by atoms with Gasteiger partial charge in [0.25, 0.3) is 0 Å². The summed E-state index contributed by atoms with van der Waals surface area (Å²) < 4.78 is 40.7. The predicted octanol–water partition coefficient (Wildman–Crippen LogP) is 2.90. The first kappa shape index (κ1) is 17.4. The number of rotatable bonds is 1. The summed E-state index contributed by atoms with van der Waals surface area (Å²) in [6, 6.07) is 4.06. The first-order chi connectivity index (χ1) is 9.75. The molecule has 122 valence electrons. The predicted molar refractivity (Wildman–Crippen MR) is 83.5 cm³/mol. The SMILES string of the molecule is Br.C/N=C1\SC2Cc3cc(OC(F)(F)F)ccc3C2(O)N1C. The van der Waals surface area contributed by atoms with E-state index in [1.165, 1.54) is 30.0 Å². The second-order valence-corrected chi connectivity index (χ2v) is 6.14. The lowest BCUT2D eigenvalue weighted by molar-refractivity contribution is -0.274. The highest BCUT2D eigenvalue weighted by Gasteiger charge is 2.55. The zero-order valence-electron chi connectivity index (χ0n) is 11.7. The van der Waals surface area contributed by atoms with Gasteiger partial charge in [0.15, 0.2) is 10.9 Å². The minimum absolute atomic E-state index is 0. The van der Waals surface area contributed by atoms with Gasteiger partial charge in [-0.15, -0.1) is 30.2 Å². The highest BCUT2D eigenvalue weighted by molar-refractivity contribution is 8.93. The van der Waals surface area contributed by atoms with E-state index in [1.807, 2.05) is 0 Å². The molecule has 1 saturated heterocycles. The van der Waals surface area contributed by atoms with Crippen LogP contribution in [-0.2, 0) is 12.1 Å². The third-order valence-electron chi connectivity index (χ3n) is 3.80. The maximum Gasteiger partial charge on any atom is 0.573 e. The van der Waals surface area contributed by atoms with Gasteiger partial charge in [-0.25, -0.2) is 0 Å². The van der Waals surface area contributed by atoms with Crippen LogP contribution in [0.2, 0.25) is 0 Å². The summed E-state index contributed by atoms with van der Waals surface area (Å²) in [5, 5.41) is 11.5. The van der Waals surface area contributed by atoms with Crippen LogP contribution in [-0.4, -0.2) is 40.9 Å². The molecule has 2 atom stereocenters. The van der Waals surface area contributed by atoms with Crippen LogP contribution in [0.25, 0.3) is 0 Å². The Morgan fingerprint density at radius 1 is 1.45 bits per heavy atom. The van der Waals surface area contributed by atoms with Crippen LogP contribution in [0, 0.1) is 0 Å². The van der Waals surface area contributed by atoms with Crippen molar-refractivity contribution >= 4 is 33.9 Å². The summed E-state index contributed by atoms with van der Waals surface area (Å²) in [6.45, 7) is 0. The molecule has 2 aliphatic rings. The van der Waals surface area contributed by atoms with Crippen LogP contribution in [0.5, 0.6) is 5.75 Å². The summed E-state index contributed by atoms with van der Waals surface area (Å²) in [6.07, 6.45) is -4.25. The number of benzene rings is 1. The fraction of sp³-hybridized carbons (Fsp3) is 0.462. The van der Waals surface area contributed by atoms with E-state index in [-0.39, 0.29) is 28.0 Å². The molecule has 1 aromatic rings. The van der Waals surface area contributed by atoms with Crippen LogP contribution in [0.4, 0.5) is 13.2 Å². The number of halogens is 4. The molecule has 0 aromatic heterocycles. The van der Waals surface area contributed by atoms with E-state index >= 15 is 0 Å². The number of fused-ring (bicyclic) bond motifs is 3. The molecule has 9 heteroatoms. The van der Waals surface area contributed by atoms with E-state index in [1.54, 1.807) is 19.0 Å². The van der Waals surface area contributed by atoms with Gasteiger partial charge in [-0.05, 0) is 24.1 Å². The molecular weight excluding hydrogens is 385 g/mol. The maximum atomic E-state index is 12.3. The van der Waals surface area contributed by atoms with Crippen molar-refractivity contribution in [1.82, 2.24) is 4.90 Å². The van der Waals surface area contributed by atoms with Gasteiger partial charge >= 0.3 is 6.36 Å². The number of aliphatic hydroxyl groups is 1. The zero-order chi connectivity index (χ0) is 15.4. The molecule has 0 saturated carbocycles. The second-order valence-electron chi connectivity index (χ2n) is 4.97. The smallest absolute Gasteiger partial charge is 0.406 e. The second kappa shape index (κ2) is 5.61. The number of ether oxygens (including phenoxy) is 1. The van der Waals surface area contributed by atoms with E-state index in [9.17, 15) is 18.3 Å². The lowest BCUT2D eigenvalue weighted by atomic mass is 10.0. The van der Waals surface area contributed by atoms with Gasteiger partial charge in [0.05, 0.1) is 5.25 Å². The molecule has 1 fully saturated rings. The number of thioether (sulfide) groups is 1. The van der Waals surface area contributed by atoms with Gasteiger partial charge in [0.1, 0.15) is 5.75 Å². The highest BCUT2D eigenvalue weighted by atomic mass is 79.9. The van der Waals surface area contributed by atoms with E-state index in [0.717, 1.165) is 0 Å². The highest BCUT2D eigenvalue weighted by Crippen LogP contribution is 2.51. The zero-order valence-corrected chi connectivity index (χ0v) is 14.2. The molecule has 2 unspecified atom stereocenters. The van der Waals surface area contributed by atoms with Gasteiger partial charge in [0.2, 0.25) is 0 Å². The Kier molecular flexibility index (Phi) is 4.44. The Morgan fingerprint density at radius 3 is 2.73 bits per heavy atom. The lowest BCUT2D eigenvalue weighted by Gasteiger charge is -2.31. The fourth-order valence-corrected chi connectivity index (χ4v) is 4.26. The Labute approximate surface area is 140 Å². The largest absolute Gasteiger partial charge is 0.573 e. The van der Waals surface area contributed by atoms with Crippen molar-refractivity contribution < 1.29 is 23.0 Å². The lowest BCUT2D eigenvalue weighted by Crippen LogP contribution is -2.44. The van der Waals surface area contributed by atoms with Gasteiger partial charge in [0, 0.05) is 19.7 Å². The molecule has 1 aliphatic heterocycles. The Morgan fingerprint density at radius 2 is 2.14 bits per heavy atom. The third-order valence-corrected chi connectivity index (χ3v) is 5.25. The number of alkyl halides is 3. The molecule has 0 amide bonds. The number of amidine groups is 1. The Balaban J connectivity index is 0.00000176. The molecule has 0 spiro atoms. The van der Waals surface area contributed by atoms with Gasteiger partial charge in [-0.2, -0.15) is 0 Å². The van der Waals surface area contributed by atoms with Gasteiger partial charge in [-0.1, -0.05) is 17.8 Å². The van der Waals surface area contributed by atoms with Crippen molar-refractivity contribution in [2.75, 3.05) is 14.1 Å². The average Bonchev–Trinajstić information content (AvgIpc) is 2.78. The topological polar surface area (TPSA) is 45.1 Å². The van der Waals surface area contributed by atoms with Crippen LogP contribution in [0.3, 0.4) is 0 Å². The molecule has 1 aliphatic carbocycles. The monoisotopic (exact) mass is 398 g/mol. The molecule has 1 heterocycles. The van der Waals surface area contributed by atoms with Crippen LogP contribution in [0.1, 0.15) is 11.1 Å². The molecule has 1 N–H and O–H groups in total. The molecule has 3 rings (SSSR count). The summed E-state index contributed by atoms with van der Waals surface area (Å²) in [5.74, 6) is -0.262. The van der Waals surface area contributed by atoms with Crippen molar-refractivity contribution in [3.63, 3.8) is 0 Å². The first-order valence-corrected chi connectivity index (χ1v) is 7.12. The molecular formula is C13H14BrF3N2O2S. The summed E-state index contributed by atoms with van der Waals surface area (Å²) in [7, 11) is 3.37. The molecule has 4 nitrogen and oxygen atoms in total. The maximum absolute atomic E-state index is 12.3. The van der Waals surface area contributed by atoms with Crippen LogP contribution < -0.4 is 4.74 Å².